The maximum Gasteiger partial charge on any atom is 0.417 e. The summed E-state index contributed by atoms with van der Waals surface area (Å²) in [5, 5.41) is 11.7. The number of nitriles is 1. The van der Waals surface area contributed by atoms with E-state index in [0.717, 1.165) is 18.9 Å². The van der Waals surface area contributed by atoms with Crippen molar-refractivity contribution >= 4 is 5.69 Å². The highest BCUT2D eigenvalue weighted by Crippen LogP contribution is 2.32. The minimum absolute atomic E-state index is 0.374. The Hall–Kier alpha value is -2.14. The smallest absolute Gasteiger partial charge is 0.385 e. The molecule has 0 aliphatic rings. The van der Waals surface area contributed by atoms with Gasteiger partial charge in [0, 0.05) is 18.7 Å². The molecular weight excluding hydrogens is 253 g/mol. The number of unbranched alkanes of at least 4 members (excludes halogenated alkanes) is 2. The van der Waals surface area contributed by atoms with Gasteiger partial charge in [0.2, 0.25) is 0 Å². The van der Waals surface area contributed by atoms with Gasteiger partial charge in [-0.05, 0) is 31.0 Å². The standard InChI is InChI=1S/C14H13F3N2/c1-2-3-4-5-8-19-12-6-7-13(14(15,16)17)11(9-12)10-18/h1,6-7,9,19H,3-5,8H2. The highest BCUT2D eigenvalue weighted by atomic mass is 19.4. The number of hydrogen-bond acceptors (Lipinski definition) is 2. The van der Waals surface area contributed by atoms with E-state index in [1.807, 2.05) is 0 Å². The first-order valence-corrected chi connectivity index (χ1v) is 5.77. The van der Waals surface area contributed by atoms with Crippen molar-refractivity contribution in [3.63, 3.8) is 0 Å². The second-order valence-corrected chi connectivity index (χ2v) is 3.96. The lowest BCUT2D eigenvalue weighted by Crippen LogP contribution is -2.09. The monoisotopic (exact) mass is 266 g/mol. The van der Waals surface area contributed by atoms with E-state index in [1.165, 1.54) is 12.1 Å². The second-order valence-electron chi connectivity index (χ2n) is 3.96. The molecule has 0 amide bonds. The molecule has 19 heavy (non-hydrogen) atoms. The lowest BCUT2D eigenvalue weighted by molar-refractivity contribution is -0.137. The van der Waals surface area contributed by atoms with Gasteiger partial charge in [-0.3, -0.25) is 0 Å². The number of hydrogen-bond donors (Lipinski definition) is 1. The zero-order valence-electron chi connectivity index (χ0n) is 10.2. The Morgan fingerprint density at radius 2 is 2.00 bits per heavy atom. The first kappa shape index (κ1) is 14.9. The Morgan fingerprint density at radius 3 is 2.58 bits per heavy atom. The van der Waals surface area contributed by atoms with Crippen LogP contribution in [0.3, 0.4) is 0 Å². The molecule has 0 unspecified atom stereocenters. The summed E-state index contributed by atoms with van der Waals surface area (Å²) in [6.07, 6.45) is 2.96. The molecule has 0 aliphatic heterocycles. The number of halogens is 3. The van der Waals surface area contributed by atoms with Gasteiger partial charge in [-0.2, -0.15) is 18.4 Å². The molecule has 5 heteroatoms. The molecule has 0 bridgehead atoms. The average molecular weight is 266 g/mol. The lowest BCUT2D eigenvalue weighted by Gasteiger charge is -2.11. The number of nitrogens with zero attached hydrogens (tertiary/aromatic N) is 1. The minimum Gasteiger partial charge on any atom is -0.385 e. The molecule has 100 valence electrons. The fraction of sp³-hybridized carbons (Fsp3) is 0.357. The van der Waals surface area contributed by atoms with Gasteiger partial charge in [0.25, 0.3) is 0 Å². The second kappa shape index (κ2) is 6.70. The van der Waals surface area contributed by atoms with Crippen LogP contribution in [0.5, 0.6) is 0 Å². The molecule has 0 spiro atoms. The summed E-state index contributed by atoms with van der Waals surface area (Å²) in [4.78, 5) is 0. The summed E-state index contributed by atoms with van der Waals surface area (Å²) in [7, 11) is 0. The molecule has 0 aliphatic carbocycles. The van der Waals surface area contributed by atoms with Crippen LogP contribution in [0.4, 0.5) is 18.9 Å². The number of benzene rings is 1. The number of terminal acetylenes is 1. The van der Waals surface area contributed by atoms with Crippen molar-refractivity contribution < 1.29 is 13.2 Å². The molecule has 0 saturated carbocycles. The zero-order chi connectivity index (χ0) is 14.3. The fourth-order valence-electron chi connectivity index (χ4n) is 1.58. The van der Waals surface area contributed by atoms with E-state index in [9.17, 15) is 13.2 Å². The summed E-state index contributed by atoms with van der Waals surface area (Å²) in [5.41, 5.74) is -0.778. The predicted octanol–water partition coefficient (Wildman–Crippen LogP) is 3.79. The van der Waals surface area contributed by atoms with Crippen molar-refractivity contribution in [3.05, 3.63) is 29.3 Å². The first-order valence-electron chi connectivity index (χ1n) is 5.77. The Balaban J connectivity index is 2.69. The van der Waals surface area contributed by atoms with Crippen LogP contribution in [0, 0.1) is 23.7 Å². The molecule has 0 fully saturated rings. The maximum atomic E-state index is 12.6. The van der Waals surface area contributed by atoms with Crippen LogP contribution < -0.4 is 5.32 Å². The Kier molecular flexibility index (Phi) is 5.26. The van der Waals surface area contributed by atoms with Crippen LogP contribution >= 0.6 is 0 Å². The summed E-state index contributed by atoms with van der Waals surface area (Å²) < 4.78 is 37.7. The topological polar surface area (TPSA) is 35.8 Å². The quantitative estimate of drug-likeness (QED) is 0.650. The van der Waals surface area contributed by atoms with E-state index in [4.69, 9.17) is 11.7 Å². The van der Waals surface area contributed by atoms with Gasteiger partial charge in [0.15, 0.2) is 0 Å². The van der Waals surface area contributed by atoms with E-state index in [2.05, 4.69) is 11.2 Å². The third-order valence-electron chi connectivity index (χ3n) is 2.52. The molecule has 0 saturated heterocycles. The van der Waals surface area contributed by atoms with Crippen LogP contribution in [0.1, 0.15) is 30.4 Å². The normalized spacial score (nSPS) is 10.6. The number of anilines is 1. The molecule has 0 heterocycles. The van der Waals surface area contributed by atoms with Gasteiger partial charge in [-0.25, -0.2) is 0 Å². The minimum atomic E-state index is -4.50. The number of alkyl halides is 3. The van der Waals surface area contributed by atoms with E-state index in [1.54, 1.807) is 6.07 Å². The maximum absolute atomic E-state index is 12.6. The molecule has 2 nitrogen and oxygen atoms in total. The highest BCUT2D eigenvalue weighted by Gasteiger charge is 2.33. The number of nitrogens with one attached hydrogen (secondary N) is 1. The van der Waals surface area contributed by atoms with Gasteiger partial charge in [0.05, 0.1) is 17.2 Å². The molecular formula is C14H13F3N2. The van der Waals surface area contributed by atoms with E-state index in [-0.39, 0.29) is 5.56 Å². The summed E-state index contributed by atoms with van der Waals surface area (Å²) in [6, 6.07) is 5.02. The van der Waals surface area contributed by atoms with Crippen LogP contribution in [-0.2, 0) is 6.18 Å². The largest absolute Gasteiger partial charge is 0.417 e. The average Bonchev–Trinajstić information content (AvgIpc) is 2.37. The lowest BCUT2D eigenvalue weighted by atomic mass is 10.1. The van der Waals surface area contributed by atoms with Crippen molar-refractivity contribution in [1.29, 1.82) is 5.26 Å². The molecule has 1 rings (SSSR count). The summed E-state index contributed by atoms with van der Waals surface area (Å²) >= 11 is 0. The molecule has 0 aromatic heterocycles. The summed E-state index contributed by atoms with van der Waals surface area (Å²) in [6.45, 7) is 0.609. The van der Waals surface area contributed by atoms with Crippen molar-refractivity contribution in [2.75, 3.05) is 11.9 Å². The molecule has 1 aromatic carbocycles. The molecule has 0 radical (unpaired) electrons. The predicted molar refractivity (Wildman–Crippen MR) is 67.3 cm³/mol. The third-order valence-corrected chi connectivity index (χ3v) is 2.52. The van der Waals surface area contributed by atoms with Gasteiger partial charge in [0.1, 0.15) is 0 Å². The van der Waals surface area contributed by atoms with Crippen LogP contribution in [-0.4, -0.2) is 6.54 Å². The van der Waals surface area contributed by atoms with Crippen LogP contribution in [0.15, 0.2) is 18.2 Å². The van der Waals surface area contributed by atoms with Crippen molar-refractivity contribution in [1.82, 2.24) is 0 Å². The zero-order valence-corrected chi connectivity index (χ0v) is 10.2. The van der Waals surface area contributed by atoms with Crippen molar-refractivity contribution in [2.24, 2.45) is 0 Å². The fourth-order valence-corrected chi connectivity index (χ4v) is 1.58. The molecule has 0 atom stereocenters. The van der Waals surface area contributed by atoms with Crippen LogP contribution in [0.25, 0.3) is 0 Å². The Morgan fingerprint density at radius 1 is 1.26 bits per heavy atom. The van der Waals surface area contributed by atoms with Crippen molar-refractivity contribution in [3.8, 4) is 18.4 Å². The van der Waals surface area contributed by atoms with E-state index in [0.29, 0.717) is 18.7 Å². The van der Waals surface area contributed by atoms with E-state index >= 15 is 0 Å². The Labute approximate surface area is 110 Å². The number of rotatable bonds is 5. The highest BCUT2D eigenvalue weighted by molar-refractivity contribution is 5.53. The van der Waals surface area contributed by atoms with Gasteiger partial charge < -0.3 is 5.32 Å². The summed E-state index contributed by atoms with van der Waals surface area (Å²) in [5.74, 6) is 2.51. The SMILES string of the molecule is C#CCCCCNc1ccc(C(F)(F)F)c(C#N)c1. The third kappa shape index (κ3) is 4.56. The molecule has 1 aromatic rings. The van der Waals surface area contributed by atoms with Crippen molar-refractivity contribution in [2.45, 2.75) is 25.4 Å². The Bertz CT molecular complexity index is 507. The first-order chi connectivity index (χ1) is 8.99. The molecule has 1 N–H and O–H groups in total. The van der Waals surface area contributed by atoms with E-state index < -0.39 is 11.7 Å². The van der Waals surface area contributed by atoms with Gasteiger partial charge >= 0.3 is 6.18 Å². The van der Waals surface area contributed by atoms with Gasteiger partial charge in [-0.1, -0.05) is 0 Å². The van der Waals surface area contributed by atoms with Crippen LogP contribution in [0.2, 0.25) is 0 Å². The van der Waals surface area contributed by atoms with Gasteiger partial charge in [-0.15, -0.1) is 12.3 Å².